The molecular weight excluding hydrogens is 234 g/mol. The van der Waals surface area contributed by atoms with E-state index in [1.807, 2.05) is 6.26 Å². The van der Waals surface area contributed by atoms with Crippen LogP contribution < -0.4 is 0 Å². The number of ether oxygens (including phenoxy) is 1. The molecule has 5 nitrogen and oxygen atoms in total. The number of thioether (sulfide) groups is 1. The zero-order valence-corrected chi connectivity index (χ0v) is 10.3. The molecule has 1 heterocycles. The Morgan fingerprint density at radius 3 is 2.87 bits per heavy atom. The average molecular weight is 245 g/mol. The molecule has 0 amide bonds. The Morgan fingerprint density at radius 1 is 1.67 bits per heavy atom. The van der Waals surface area contributed by atoms with Gasteiger partial charge in [-0.05, 0) is 25.4 Å². The Morgan fingerprint density at radius 2 is 2.33 bits per heavy atom. The lowest BCUT2D eigenvalue weighted by Crippen LogP contribution is -2.15. The van der Waals surface area contributed by atoms with Crippen molar-refractivity contribution < 1.29 is 9.53 Å². The maximum Gasteiger partial charge on any atom is 0.361 e. The van der Waals surface area contributed by atoms with Crippen molar-refractivity contribution in [2.75, 3.05) is 12.9 Å². The van der Waals surface area contributed by atoms with Gasteiger partial charge in [0.05, 0.1) is 6.61 Å². The largest absolute Gasteiger partial charge is 0.461 e. The van der Waals surface area contributed by atoms with Gasteiger partial charge in [-0.25, -0.2) is 14.5 Å². The molecule has 7 heteroatoms. The summed E-state index contributed by atoms with van der Waals surface area (Å²) >= 11 is 6.26. The first-order valence-corrected chi connectivity index (χ1v) is 5.90. The number of rotatable bonds is 3. The molecule has 0 aliphatic heterocycles. The van der Waals surface area contributed by atoms with Crippen LogP contribution in [0.5, 0.6) is 0 Å². The highest BCUT2D eigenvalue weighted by Gasteiger charge is 2.16. The van der Waals surface area contributed by atoms with Crippen LogP contribution >= 0.6 is 24.0 Å². The average Bonchev–Trinajstić information content (AvgIpc) is 2.21. The zero-order chi connectivity index (χ0) is 11.4. The number of carbonyl (C=O) groups is 1. The number of aryl methyl sites for hydroxylation is 1. The first-order chi connectivity index (χ1) is 7.10. The van der Waals surface area contributed by atoms with E-state index >= 15 is 0 Å². The highest BCUT2D eigenvalue weighted by atomic mass is 32.2. The molecule has 0 unspecified atom stereocenters. The SMILES string of the molecule is CCOC(=O)c1nn(C)c(=S)nc1SC. The number of carbonyl (C=O) groups excluding carboxylic acids is 1. The van der Waals surface area contributed by atoms with Crippen LogP contribution in [0.25, 0.3) is 0 Å². The molecule has 1 aromatic heterocycles. The summed E-state index contributed by atoms with van der Waals surface area (Å²) in [6.07, 6.45) is 1.81. The van der Waals surface area contributed by atoms with E-state index in [0.717, 1.165) is 0 Å². The van der Waals surface area contributed by atoms with Crippen LogP contribution in [-0.4, -0.2) is 33.6 Å². The third-order valence-corrected chi connectivity index (χ3v) is 2.62. The third kappa shape index (κ3) is 2.75. The second-order valence-corrected chi connectivity index (χ2v) is 3.76. The maximum atomic E-state index is 11.5. The van der Waals surface area contributed by atoms with E-state index in [2.05, 4.69) is 10.1 Å². The van der Waals surface area contributed by atoms with Crippen molar-refractivity contribution in [2.45, 2.75) is 11.9 Å². The molecule has 0 fully saturated rings. The molecule has 0 aliphatic rings. The first kappa shape index (κ1) is 12.1. The predicted molar refractivity (Wildman–Crippen MR) is 59.6 cm³/mol. The molecule has 0 spiro atoms. The quantitative estimate of drug-likeness (QED) is 0.456. The van der Waals surface area contributed by atoms with Crippen LogP contribution in [0.2, 0.25) is 0 Å². The van der Waals surface area contributed by atoms with Crippen molar-refractivity contribution in [2.24, 2.45) is 7.05 Å². The van der Waals surface area contributed by atoms with E-state index in [-0.39, 0.29) is 5.69 Å². The van der Waals surface area contributed by atoms with Gasteiger partial charge in [0.15, 0.2) is 0 Å². The summed E-state index contributed by atoms with van der Waals surface area (Å²) in [6.45, 7) is 2.05. The minimum absolute atomic E-state index is 0.209. The fourth-order valence-electron chi connectivity index (χ4n) is 0.918. The van der Waals surface area contributed by atoms with Crippen molar-refractivity contribution in [3.05, 3.63) is 10.5 Å². The highest BCUT2D eigenvalue weighted by Crippen LogP contribution is 2.15. The van der Waals surface area contributed by atoms with Crippen LogP contribution in [-0.2, 0) is 11.8 Å². The summed E-state index contributed by atoms with van der Waals surface area (Å²) in [5, 5.41) is 4.51. The normalized spacial score (nSPS) is 10.1. The van der Waals surface area contributed by atoms with Crippen LogP contribution in [0.15, 0.2) is 5.03 Å². The monoisotopic (exact) mass is 245 g/mol. The second kappa shape index (κ2) is 5.22. The minimum atomic E-state index is -0.472. The lowest BCUT2D eigenvalue weighted by molar-refractivity contribution is 0.0510. The fourth-order valence-corrected chi connectivity index (χ4v) is 1.60. The van der Waals surface area contributed by atoms with E-state index in [4.69, 9.17) is 17.0 Å². The second-order valence-electron chi connectivity index (χ2n) is 2.60. The molecule has 1 rings (SSSR count). The zero-order valence-electron chi connectivity index (χ0n) is 8.68. The van der Waals surface area contributed by atoms with Crippen molar-refractivity contribution in [1.82, 2.24) is 14.8 Å². The molecule has 0 bridgehead atoms. The van der Waals surface area contributed by atoms with Crippen LogP contribution in [0.4, 0.5) is 0 Å². The highest BCUT2D eigenvalue weighted by molar-refractivity contribution is 7.98. The predicted octanol–water partition coefficient (Wildman–Crippen LogP) is 1.44. The molecule has 0 aromatic carbocycles. The van der Waals surface area contributed by atoms with Gasteiger partial charge in [0.2, 0.25) is 10.5 Å². The minimum Gasteiger partial charge on any atom is -0.461 e. The number of hydrogen-bond acceptors (Lipinski definition) is 6. The van der Waals surface area contributed by atoms with Gasteiger partial charge >= 0.3 is 5.97 Å². The molecule has 1 aromatic rings. The van der Waals surface area contributed by atoms with Gasteiger partial charge in [0.1, 0.15) is 5.03 Å². The lowest BCUT2D eigenvalue weighted by Gasteiger charge is -2.06. The fraction of sp³-hybridized carbons (Fsp3) is 0.500. The summed E-state index contributed by atoms with van der Waals surface area (Å²) in [5.74, 6) is -0.472. The molecule has 82 valence electrons. The summed E-state index contributed by atoms with van der Waals surface area (Å²) in [4.78, 5) is 15.6. The van der Waals surface area contributed by atoms with Gasteiger partial charge in [-0.3, -0.25) is 0 Å². The van der Waals surface area contributed by atoms with Crippen molar-refractivity contribution in [1.29, 1.82) is 0 Å². The molecule has 0 saturated heterocycles. The Bertz CT molecular complexity index is 430. The molecule has 0 saturated carbocycles. The smallest absolute Gasteiger partial charge is 0.361 e. The van der Waals surface area contributed by atoms with Gasteiger partial charge in [-0.2, -0.15) is 5.10 Å². The first-order valence-electron chi connectivity index (χ1n) is 4.26. The summed E-state index contributed by atoms with van der Waals surface area (Å²) < 4.78 is 6.58. The van der Waals surface area contributed by atoms with Crippen molar-refractivity contribution >= 4 is 29.9 Å². The van der Waals surface area contributed by atoms with Gasteiger partial charge in [0.25, 0.3) is 0 Å². The van der Waals surface area contributed by atoms with Gasteiger partial charge in [-0.15, -0.1) is 11.8 Å². The van der Waals surface area contributed by atoms with Crippen LogP contribution in [0.1, 0.15) is 17.4 Å². The number of esters is 1. The standard InChI is InChI=1S/C8H11N3O2S2/c1-4-13-7(12)5-6(15-3)9-8(14)11(2)10-5/h4H2,1-3H3. The van der Waals surface area contributed by atoms with Crippen molar-refractivity contribution in [3.63, 3.8) is 0 Å². The van der Waals surface area contributed by atoms with Gasteiger partial charge in [-0.1, -0.05) is 0 Å². The Balaban J connectivity index is 3.21. The van der Waals surface area contributed by atoms with E-state index in [1.54, 1.807) is 14.0 Å². The lowest BCUT2D eigenvalue weighted by atomic mass is 10.5. The van der Waals surface area contributed by atoms with E-state index in [9.17, 15) is 4.79 Å². The Kier molecular flexibility index (Phi) is 4.22. The summed E-state index contributed by atoms with van der Waals surface area (Å²) in [5.41, 5.74) is 0.209. The molecule has 15 heavy (non-hydrogen) atoms. The molecule has 0 atom stereocenters. The number of aromatic nitrogens is 3. The molecule has 0 N–H and O–H groups in total. The molecule has 0 aliphatic carbocycles. The van der Waals surface area contributed by atoms with E-state index in [0.29, 0.717) is 16.4 Å². The number of nitrogens with zero attached hydrogens (tertiary/aromatic N) is 3. The third-order valence-electron chi connectivity index (χ3n) is 1.59. The van der Waals surface area contributed by atoms with Crippen LogP contribution in [0.3, 0.4) is 0 Å². The topological polar surface area (TPSA) is 57.0 Å². The van der Waals surface area contributed by atoms with Crippen molar-refractivity contribution in [3.8, 4) is 0 Å². The van der Waals surface area contributed by atoms with E-state index in [1.165, 1.54) is 16.4 Å². The Labute approximate surface area is 96.9 Å². The van der Waals surface area contributed by atoms with Gasteiger partial charge in [0, 0.05) is 7.05 Å². The Hall–Kier alpha value is -0.950. The van der Waals surface area contributed by atoms with E-state index < -0.39 is 5.97 Å². The summed E-state index contributed by atoms with van der Waals surface area (Å²) in [7, 11) is 1.64. The molecule has 0 radical (unpaired) electrons. The van der Waals surface area contributed by atoms with Gasteiger partial charge < -0.3 is 4.74 Å². The molecular formula is C8H11N3O2S2. The number of hydrogen-bond donors (Lipinski definition) is 0. The maximum absolute atomic E-state index is 11.5. The summed E-state index contributed by atoms with van der Waals surface area (Å²) in [6, 6.07) is 0. The van der Waals surface area contributed by atoms with Crippen LogP contribution in [0, 0.1) is 4.77 Å².